The number of carbonyl (C=O) groups is 2. The van der Waals surface area contributed by atoms with Crippen LogP contribution < -0.4 is 26.3 Å². The van der Waals surface area contributed by atoms with Gasteiger partial charge >= 0.3 is 12.1 Å². The minimum Gasteiger partial charge on any atom is -0.485 e. The molecular formula is C50H60N4O5. The molecule has 9 heteroatoms. The second kappa shape index (κ2) is 21.8. The quantitative estimate of drug-likeness (QED) is 0.0634. The molecular weight excluding hydrogens is 737 g/mol. The van der Waals surface area contributed by atoms with Gasteiger partial charge in [-0.15, -0.1) is 0 Å². The van der Waals surface area contributed by atoms with E-state index in [1.807, 2.05) is 95.9 Å². The fraction of sp³-hybridized carbons (Fsp3) is 0.360. The van der Waals surface area contributed by atoms with E-state index in [-0.39, 0.29) is 18.2 Å². The number of unbranched alkanes of at least 4 members (excludes halogenated alkanes) is 2. The SMILES string of the molecule is CCC[C@](N)(CCCCCN(CCc1ccc(NC(N)=O)cc1)C(=O)OCc1ccccc1)C1CCc2c(ccc(OCc3ccccc3)c2OCc2ccccc2)C1. The number of nitrogens with zero attached hydrogens (tertiary/aromatic N) is 1. The van der Waals surface area contributed by atoms with Gasteiger partial charge in [0.05, 0.1) is 0 Å². The topological polar surface area (TPSA) is 129 Å². The largest absolute Gasteiger partial charge is 0.485 e. The Labute approximate surface area is 350 Å². The molecule has 5 aromatic rings. The summed E-state index contributed by atoms with van der Waals surface area (Å²) in [6, 6.07) is 41.5. The van der Waals surface area contributed by atoms with Crippen LogP contribution in [0.15, 0.2) is 127 Å². The molecule has 3 amide bonds. The van der Waals surface area contributed by atoms with E-state index in [0.29, 0.717) is 44.3 Å². The molecule has 1 aliphatic rings. The highest BCUT2D eigenvalue weighted by Gasteiger charge is 2.37. The summed E-state index contributed by atoms with van der Waals surface area (Å²) in [7, 11) is 0. The molecule has 1 unspecified atom stereocenters. The summed E-state index contributed by atoms with van der Waals surface area (Å²) in [5, 5.41) is 2.59. The smallest absolute Gasteiger partial charge is 0.410 e. The Kier molecular flexibility index (Phi) is 15.8. The molecule has 2 atom stereocenters. The molecule has 5 N–H and O–H groups in total. The number of rotatable bonds is 21. The Morgan fingerprint density at radius 3 is 1.97 bits per heavy atom. The molecule has 0 aliphatic heterocycles. The van der Waals surface area contributed by atoms with Gasteiger partial charge in [0.15, 0.2) is 11.5 Å². The fourth-order valence-corrected chi connectivity index (χ4v) is 8.22. The number of fused-ring (bicyclic) bond motifs is 1. The summed E-state index contributed by atoms with van der Waals surface area (Å²) in [5.74, 6) is 1.98. The molecule has 0 radical (unpaired) electrons. The molecule has 310 valence electrons. The second-order valence-electron chi connectivity index (χ2n) is 15.8. The van der Waals surface area contributed by atoms with Crippen molar-refractivity contribution in [1.29, 1.82) is 0 Å². The van der Waals surface area contributed by atoms with E-state index in [0.717, 1.165) is 91.5 Å². The highest BCUT2D eigenvalue weighted by atomic mass is 16.6. The Morgan fingerprint density at radius 2 is 1.34 bits per heavy atom. The first kappa shape index (κ1) is 42.8. The molecule has 0 saturated heterocycles. The first-order valence-electron chi connectivity index (χ1n) is 21.2. The molecule has 6 rings (SSSR count). The van der Waals surface area contributed by atoms with Crippen molar-refractivity contribution in [3.63, 3.8) is 0 Å². The van der Waals surface area contributed by atoms with Crippen LogP contribution in [-0.4, -0.2) is 35.7 Å². The summed E-state index contributed by atoms with van der Waals surface area (Å²) in [4.78, 5) is 26.4. The van der Waals surface area contributed by atoms with Crippen LogP contribution in [0.25, 0.3) is 0 Å². The van der Waals surface area contributed by atoms with Gasteiger partial charge in [0.25, 0.3) is 0 Å². The lowest BCUT2D eigenvalue weighted by atomic mass is 9.69. The van der Waals surface area contributed by atoms with Gasteiger partial charge in [0.1, 0.15) is 19.8 Å². The van der Waals surface area contributed by atoms with E-state index in [9.17, 15) is 9.59 Å². The van der Waals surface area contributed by atoms with Crippen LogP contribution in [0.5, 0.6) is 11.5 Å². The van der Waals surface area contributed by atoms with Gasteiger partial charge in [-0.05, 0) is 96.9 Å². The average molecular weight is 797 g/mol. The first-order chi connectivity index (χ1) is 28.8. The molecule has 0 fully saturated rings. The number of nitrogens with two attached hydrogens (primary N) is 2. The number of benzene rings is 5. The van der Waals surface area contributed by atoms with E-state index in [2.05, 4.69) is 48.6 Å². The summed E-state index contributed by atoms with van der Waals surface area (Å²) < 4.78 is 18.8. The Morgan fingerprint density at radius 1 is 0.712 bits per heavy atom. The van der Waals surface area contributed by atoms with Crippen LogP contribution in [0.1, 0.15) is 85.3 Å². The first-order valence-corrected chi connectivity index (χ1v) is 21.2. The van der Waals surface area contributed by atoms with Crippen molar-refractivity contribution < 1.29 is 23.8 Å². The van der Waals surface area contributed by atoms with E-state index < -0.39 is 6.03 Å². The maximum Gasteiger partial charge on any atom is 0.410 e. The molecule has 5 aromatic carbocycles. The third-order valence-electron chi connectivity index (χ3n) is 11.4. The van der Waals surface area contributed by atoms with Gasteiger partial charge < -0.3 is 35.9 Å². The molecule has 1 aliphatic carbocycles. The lowest BCUT2D eigenvalue weighted by Crippen LogP contribution is -2.49. The normalized spacial score (nSPS) is 14.4. The van der Waals surface area contributed by atoms with Crippen molar-refractivity contribution in [2.75, 3.05) is 18.4 Å². The molecule has 0 spiro atoms. The van der Waals surface area contributed by atoms with Gasteiger partial charge in [0.2, 0.25) is 0 Å². The molecule has 0 aromatic heterocycles. The van der Waals surface area contributed by atoms with E-state index in [1.54, 1.807) is 0 Å². The Bertz CT molecular complexity index is 2050. The fourth-order valence-electron chi connectivity index (χ4n) is 8.22. The Balaban J connectivity index is 1.07. The third-order valence-corrected chi connectivity index (χ3v) is 11.4. The number of nitrogens with one attached hydrogen (secondary N) is 1. The van der Waals surface area contributed by atoms with Crippen molar-refractivity contribution in [3.05, 3.63) is 161 Å². The lowest BCUT2D eigenvalue weighted by molar-refractivity contribution is 0.0956. The zero-order valence-corrected chi connectivity index (χ0v) is 34.5. The number of anilines is 1. The van der Waals surface area contributed by atoms with Crippen LogP contribution in [0, 0.1) is 5.92 Å². The number of urea groups is 1. The molecule has 9 nitrogen and oxygen atoms in total. The molecule has 59 heavy (non-hydrogen) atoms. The summed E-state index contributed by atoms with van der Waals surface area (Å²) in [5.41, 5.74) is 19.8. The lowest BCUT2D eigenvalue weighted by Gasteiger charge is -2.41. The number of ether oxygens (including phenoxy) is 3. The van der Waals surface area contributed by atoms with Crippen LogP contribution in [0.3, 0.4) is 0 Å². The zero-order valence-electron chi connectivity index (χ0n) is 34.5. The van der Waals surface area contributed by atoms with E-state index >= 15 is 0 Å². The van der Waals surface area contributed by atoms with Gasteiger partial charge in [-0.2, -0.15) is 0 Å². The third kappa shape index (κ3) is 12.8. The average Bonchev–Trinajstić information content (AvgIpc) is 3.26. The minimum absolute atomic E-state index is 0.226. The number of carbonyl (C=O) groups excluding carboxylic acids is 2. The van der Waals surface area contributed by atoms with Gasteiger partial charge in [-0.1, -0.05) is 135 Å². The standard InChI is InChI=1S/C50H60N4O5/c1-2-30-50(52,31-13-6-14-32-54(49(56)59-37-41-19-11-5-12-20-41)33-29-38-21-25-44(26-22-38)53-48(51)55)43-24-27-45-42(34-43)23-28-46(57-35-39-15-7-3-8-16-39)47(45)58-36-40-17-9-4-10-18-40/h3-5,7-12,15-23,25-26,28,43H,2,6,13-14,24,27,29-37,52H2,1H3,(H3,51,53,55)/t43?,50-/m0/s1. The molecule has 0 saturated carbocycles. The summed E-state index contributed by atoms with van der Waals surface area (Å²) >= 11 is 0. The number of amides is 3. The van der Waals surface area contributed by atoms with Crippen molar-refractivity contribution >= 4 is 17.8 Å². The number of hydrogen-bond acceptors (Lipinski definition) is 6. The predicted octanol–water partition coefficient (Wildman–Crippen LogP) is 10.4. The Hall–Kier alpha value is -5.80. The van der Waals surface area contributed by atoms with Crippen molar-refractivity contribution in [1.82, 2.24) is 4.90 Å². The van der Waals surface area contributed by atoms with Crippen molar-refractivity contribution in [2.24, 2.45) is 17.4 Å². The van der Waals surface area contributed by atoms with Crippen LogP contribution >= 0.6 is 0 Å². The van der Waals surface area contributed by atoms with Crippen molar-refractivity contribution in [2.45, 2.75) is 96.5 Å². The number of primary amides is 1. The maximum absolute atomic E-state index is 13.4. The van der Waals surface area contributed by atoms with Gasteiger partial charge in [-0.25, -0.2) is 9.59 Å². The highest BCUT2D eigenvalue weighted by molar-refractivity contribution is 5.87. The monoisotopic (exact) mass is 796 g/mol. The molecule has 0 bridgehead atoms. The maximum atomic E-state index is 13.4. The summed E-state index contributed by atoms with van der Waals surface area (Å²) in [6.07, 6.45) is 8.85. The van der Waals surface area contributed by atoms with Crippen LogP contribution in [0.2, 0.25) is 0 Å². The van der Waals surface area contributed by atoms with E-state index in [1.165, 1.54) is 11.1 Å². The molecule has 0 heterocycles. The zero-order chi connectivity index (χ0) is 41.3. The number of hydrogen-bond donors (Lipinski definition) is 3. The predicted molar refractivity (Wildman–Crippen MR) is 235 cm³/mol. The second-order valence-corrected chi connectivity index (χ2v) is 15.8. The van der Waals surface area contributed by atoms with Crippen molar-refractivity contribution in [3.8, 4) is 11.5 Å². The minimum atomic E-state index is -0.603. The van der Waals surface area contributed by atoms with Gasteiger partial charge in [-0.3, -0.25) is 0 Å². The van der Waals surface area contributed by atoms with Crippen LogP contribution in [-0.2, 0) is 43.8 Å². The van der Waals surface area contributed by atoms with Crippen LogP contribution in [0.4, 0.5) is 15.3 Å². The highest BCUT2D eigenvalue weighted by Crippen LogP contribution is 2.43. The van der Waals surface area contributed by atoms with Gasteiger partial charge in [0, 0.05) is 29.9 Å². The summed E-state index contributed by atoms with van der Waals surface area (Å²) in [6.45, 7) is 4.52. The van der Waals surface area contributed by atoms with E-state index in [4.69, 9.17) is 25.7 Å².